The van der Waals surface area contributed by atoms with Gasteiger partial charge in [0.1, 0.15) is 5.82 Å². The van der Waals surface area contributed by atoms with E-state index in [2.05, 4.69) is 15.2 Å². The molecule has 1 aromatic rings. The van der Waals surface area contributed by atoms with Crippen molar-refractivity contribution in [1.82, 2.24) is 10.3 Å². The van der Waals surface area contributed by atoms with E-state index in [1.54, 1.807) is 6.07 Å². The Hall–Kier alpha value is -1.33. The number of halogens is 1. The van der Waals surface area contributed by atoms with Gasteiger partial charge in [0, 0.05) is 37.9 Å². The molecule has 92 valence electrons. The molecule has 2 heterocycles. The lowest BCUT2D eigenvalue weighted by atomic mass is 10.2. The summed E-state index contributed by atoms with van der Waals surface area (Å²) in [5.74, 6) is 0.704. The number of nitrogens with zero attached hydrogens (tertiary/aromatic N) is 2. The molecule has 1 saturated heterocycles. The number of pyridine rings is 1. The molecule has 0 aromatic carbocycles. The standard InChI is InChI=1S/C11H15ClN4O/c12-6-8-5-9(10(13)17)7-15-11(8)16-3-1-14-2-4-16/h5,7,14H,1-4,6H2,(H2,13,17). The second kappa shape index (κ2) is 5.33. The highest BCUT2D eigenvalue weighted by Gasteiger charge is 2.16. The topological polar surface area (TPSA) is 71.2 Å². The minimum absolute atomic E-state index is 0.327. The van der Waals surface area contributed by atoms with Crippen LogP contribution in [-0.2, 0) is 5.88 Å². The molecule has 0 radical (unpaired) electrons. The number of nitrogens with one attached hydrogen (secondary N) is 1. The van der Waals surface area contributed by atoms with Crippen LogP contribution in [0.25, 0.3) is 0 Å². The van der Waals surface area contributed by atoms with Crippen LogP contribution in [-0.4, -0.2) is 37.1 Å². The van der Waals surface area contributed by atoms with Gasteiger partial charge in [-0.3, -0.25) is 4.79 Å². The molecule has 2 rings (SSSR count). The van der Waals surface area contributed by atoms with Crippen molar-refractivity contribution in [2.75, 3.05) is 31.1 Å². The third kappa shape index (κ3) is 2.68. The fourth-order valence-electron chi connectivity index (χ4n) is 1.90. The number of hydrogen-bond donors (Lipinski definition) is 2. The second-order valence-corrected chi connectivity index (χ2v) is 4.21. The number of carbonyl (C=O) groups excluding carboxylic acids is 1. The third-order valence-corrected chi connectivity index (χ3v) is 3.08. The summed E-state index contributed by atoms with van der Waals surface area (Å²) in [7, 11) is 0. The fourth-order valence-corrected chi connectivity index (χ4v) is 2.09. The highest BCUT2D eigenvalue weighted by Crippen LogP contribution is 2.21. The van der Waals surface area contributed by atoms with E-state index in [0.717, 1.165) is 37.6 Å². The number of aromatic nitrogens is 1. The Kier molecular flexibility index (Phi) is 3.81. The Bertz CT molecular complexity index is 418. The van der Waals surface area contributed by atoms with Gasteiger partial charge < -0.3 is 16.0 Å². The molecule has 0 unspecified atom stereocenters. The molecule has 0 aliphatic carbocycles. The van der Waals surface area contributed by atoms with Crippen LogP contribution in [0.5, 0.6) is 0 Å². The van der Waals surface area contributed by atoms with Crippen LogP contribution in [0.3, 0.4) is 0 Å². The summed E-state index contributed by atoms with van der Waals surface area (Å²) in [6.07, 6.45) is 1.51. The molecule has 1 aliphatic heterocycles. The van der Waals surface area contributed by atoms with Crippen molar-refractivity contribution in [3.8, 4) is 0 Å². The zero-order valence-electron chi connectivity index (χ0n) is 9.45. The van der Waals surface area contributed by atoms with Crippen molar-refractivity contribution < 1.29 is 4.79 Å². The smallest absolute Gasteiger partial charge is 0.250 e. The van der Waals surface area contributed by atoms with Crippen LogP contribution in [0.1, 0.15) is 15.9 Å². The number of piperazine rings is 1. The molecule has 1 amide bonds. The summed E-state index contributed by atoms with van der Waals surface area (Å²) in [5.41, 5.74) is 6.47. The number of primary amides is 1. The van der Waals surface area contributed by atoms with E-state index < -0.39 is 5.91 Å². The lowest BCUT2D eigenvalue weighted by Gasteiger charge is -2.29. The van der Waals surface area contributed by atoms with Gasteiger partial charge in [0.2, 0.25) is 5.91 Å². The minimum Gasteiger partial charge on any atom is -0.366 e. The molecule has 1 aromatic heterocycles. The van der Waals surface area contributed by atoms with E-state index in [1.165, 1.54) is 6.20 Å². The Morgan fingerprint density at radius 1 is 1.53 bits per heavy atom. The molecule has 1 aliphatic rings. The largest absolute Gasteiger partial charge is 0.366 e. The monoisotopic (exact) mass is 254 g/mol. The minimum atomic E-state index is -0.476. The Morgan fingerprint density at radius 2 is 2.24 bits per heavy atom. The maximum Gasteiger partial charge on any atom is 0.250 e. The van der Waals surface area contributed by atoms with Crippen LogP contribution < -0.4 is 16.0 Å². The first-order chi connectivity index (χ1) is 8.22. The second-order valence-electron chi connectivity index (χ2n) is 3.94. The molecular weight excluding hydrogens is 240 g/mol. The number of anilines is 1. The number of hydrogen-bond acceptors (Lipinski definition) is 4. The summed E-state index contributed by atoms with van der Waals surface area (Å²) in [6.45, 7) is 3.65. The maximum absolute atomic E-state index is 11.1. The van der Waals surface area contributed by atoms with E-state index in [-0.39, 0.29) is 0 Å². The number of rotatable bonds is 3. The Labute approximate surface area is 105 Å². The highest BCUT2D eigenvalue weighted by molar-refractivity contribution is 6.17. The van der Waals surface area contributed by atoms with E-state index >= 15 is 0 Å². The zero-order valence-corrected chi connectivity index (χ0v) is 10.2. The first-order valence-electron chi connectivity index (χ1n) is 5.52. The number of alkyl halides is 1. The lowest BCUT2D eigenvalue weighted by molar-refractivity contribution is 0.1000. The first kappa shape index (κ1) is 12.1. The molecular formula is C11H15ClN4O. The molecule has 0 atom stereocenters. The molecule has 1 fully saturated rings. The summed E-state index contributed by atoms with van der Waals surface area (Å²) in [4.78, 5) is 17.5. The Morgan fingerprint density at radius 3 is 2.82 bits per heavy atom. The summed E-state index contributed by atoms with van der Waals surface area (Å²) >= 11 is 5.89. The number of carbonyl (C=O) groups is 1. The molecule has 6 heteroatoms. The van der Waals surface area contributed by atoms with Crippen molar-refractivity contribution in [3.63, 3.8) is 0 Å². The lowest BCUT2D eigenvalue weighted by Crippen LogP contribution is -2.44. The number of nitrogens with two attached hydrogens (primary N) is 1. The van der Waals surface area contributed by atoms with E-state index in [4.69, 9.17) is 17.3 Å². The van der Waals surface area contributed by atoms with Gasteiger partial charge >= 0.3 is 0 Å². The number of amides is 1. The van der Waals surface area contributed by atoms with Crippen molar-refractivity contribution in [3.05, 3.63) is 23.4 Å². The van der Waals surface area contributed by atoms with Gasteiger partial charge in [0.05, 0.1) is 11.4 Å². The average molecular weight is 255 g/mol. The SMILES string of the molecule is NC(=O)c1cnc(N2CCNCC2)c(CCl)c1. The molecule has 0 saturated carbocycles. The van der Waals surface area contributed by atoms with Crippen LogP contribution in [0, 0.1) is 0 Å². The molecule has 0 spiro atoms. The van der Waals surface area contributed by atoms with E-state index in [0.29, 0.717) is 11.4 Å². The van der Waals surface area contributed by atoms with Gasteiger partial charge in [-0.25, -0.2) is 4.98 Å². The highest BCUT2D eigenvalue weighted by atomic mass is 35.5. The van der Waals surface area contributed by atoms with Gasteiger partial charge in [-0.15, -0.1) is 11.6 Å². The van der Waals surface area contributed by atoms with Gasteiger partial charge in [-0.1, -0.05) is 0 Å². The molecule has 3 N–H and O–H groups in total. The normalized spacial score (nSPS) is 15.9. The van der Waals surface area contributed by atoms with E-state index in [9.17, 15) is 4.79 Å². The predicted octanol–water partition coefficient (Wildman–Crippen LogP) is 0.329. The van der Waals surface area contributed by atoms with Crippen LogP contribution in [0.4, 0.5) is 5.82 Å². The van der Waals surface area contributed by atoms with Crippen molar-refractivity contribution in [2.24, 2.45) is 5.73 Å². The molecule has 17 heavy (non-hydrogen) atoms. The third-order valence-electron chi connectivity index (χ3n) is 2.79. The average Bonchev–Trinajstić information content (AvgIpc) is 2.39. The maximum atomic E-state index is 11.1. The van der Waals surface area contributed by atoms with Crippen molar-refractivity contribution in [1.29, 1.82) is 0 Å². The van der Waals surface area contributed by atoms with Crippen LogP contribution in [0.15, 0.2) is 12.3 Å². The predicted molar refractivity (Wildman–Crippen MR) is 67.4 cm³/mol. The van der Waals surface area contributed by atoms with Gasteiger partial charge in [0.25, 0.3) is 0 Å². The van der Waals surface area contributed by atoms with Crippen LogP contribution >= 0.6 is 11.6 Å². The first-order valence-corrected chi connectivity index (χ1v) is 6.06. The van der Waals surface area contributed by atoms with E-state index in [1.807, 2.05) is 0 Å². The molecule has 0 bridgehead atoms. The van der Waals surface area contributed by atoms with Crippen molar-refractivity contribution >= 4 is 23.3 Å². The van der Waals surface area contributed by atoms with Gasteiger partial charge in [0.15, 0.2) is 0 Å². The summed E-state index contributed by atoms with van der Waals surface area (Å²) in [6, 6.07) is 1.72. The van der Waals surface area contributed by atoms with Gasteiger partial charge in [-0.2, -0.15) is 0 Å². The summed E-state index contributed by atoms with van der Waals surface area (Å²) < 4.78 is 0. The zero-order chi connectivity index (χ0) is 12.3. The molecule has 5 nitrogen and oxygen atoms in total. The van der Waals surface area contributed by atoms with Crippen molar-refractivity contribution in [2.45, 2.75) is 5.88 Å². The fraction of sp³-hybridized carbons (Fsp3) is 0.455. The van der Waals surface area contributed by atoms with Crippen LogP contribution in [0.2, 0.25) is 0 Å². The summed E-state index contributed by atoms with van der Waals surface area (Å²) in [5, 5.41) is 3.28. The Balaban J connectivity index is 2.29. The van der Waals surface area contributed by atoms with Gasteiger partial charge in [-0.05, 0) is 6.07 Å². The quantitative estimate of drug-likeness (QED) is 0.763.